The number of benzene rings is 2. The zero-order valence-corrected chi connectivity index (χ0v) is 24.1. The molecule has 1 amide bonds. The smallest absolute Gasteiger partial charge is 0.251 e. The maximum atomic E-state index is 12.5. The van der Waals surface area contributed by atoms with Gasteiger partial charge in [-0.1, -0.05) is 36.9 Å². The van der Waals surface area contributed by atoms with E-state index in [0.29, 0.717) is 12.1 Å². The number of nitrogens with one attached hydrogen (secondary N) is 1. The molecule has 208 valence electrons. The molecule has 0 radical (unpaired) electrons. The van der Waals surface area contributed by atoms with Gasteiger partial charge in [0.05, 0.1) is 20.3 Å². The number of carbonyl (C=O) groups excluding carboxylic acids is 1. The van der Waals surface area contributed by atoms with E-state index in [0.717, 1.165) is 78.3 Å². The Morgan fingerprint density at radius 1 is 1.08 bits per heavy atom. The van der Waals surface area contributed by atoms with E-state index in [4.69, 9.17) is 24.2 Å². The molecule has 39 heavy (non-hydrogen) atoms. The van der Waals surface area contributed by atoms with Gasteiger partial charge in [0.2, 0.25) is 0 Å². The minimum Gasteiger partial charge on any atom is -0.493 e. The fourth-order valence-electron chi connectivity index (χ4n) is 4.36. The van der Waals surface area contributed by atoms with Gasteiger partial charge in [-0.25, -0.2) is 9.97 Å². The molecule has 0 spiro atoms. The van der Waals surface area contributed by atoms with Gasteiger partial charge in [-0.3, -0.25) is 4.79 Å². The minimum atomic E-state index is -0.0653. The molecule has 1 N–H and O–H groups in total. The van der Waals surface area contributed by atoms with E-state index in [1.54, 1.807) is 26.0 Å². The Morgan fingerprint density at radius 3 is 2.54 bits per heavy atom. The van der Waals surface area contributed by atoms with Crippen LogP contribution in [-0.2, 0) is 23.3 Å². The van der Waals surface area contributed by atoms with E-state index in [2.05, 4.69) is 36.3 Å². The van der Waals surface area contributed by atoms with E-state index in [1.165, 1.54) is 5.56 Å². The van der Waals surface area contributed by atoms with Crippen molar-refractivity contribution in [2.75, 3.05) is 45.9 Å². The highest BCUT2D eigenvalue weighted by Gasteiger charge is 2.17. The van der Waals surface area contributed by atoms with Crippen LogP contribution in [-0.4, -0.2) is 62.9 Å². The number of hydrogen-bond donors (Lipinski definition) is 1. The van der Waals surface area contributed by atoms with Crippen LogP contribution in [0.15, 0.2) is 53.7 Å². The Hall–Kier alpha value is -3.30. The average molecular weight is 551 g/mol. The highest BCUT2D eigenvalue weighted by Crippen LogP contribution is 2.28. The van der Waals surface area contributed by atoms with Crippen molar-refractivity contribution < 1.29 is 19.0 Å². The van der Waals surface area contributed by atoms with Crippen LogP contribution in [0.4, 0.5) is 5.82 Å². The monoisotopic (exact) mass is 550 g/mol. The molecule has 0 aliphatic carbocycles. The van der Waals surface area contributed by atoms with Gasteiger partial charge in [0.1, 0.15) is 5.82 Å². The third kappa shape index (κ3) is 8.10. The summed E-state index contributed by atoms with van der Waals surface area (Å²) in [7, 11) is 5.35. The Bertz CT molecular complexity index is 1230. The van der Waals surface area contributed by atoms with Crippen LogP contribution in [0.5, 0.6) is 11.5 Å². The van der Waals surface area contributed by atoms with Gasteiger partial charge >= 0.3 is 0 Å². The van der Waals surface area contributed by atoms with Crippen molar-refractivity contribution >= 4 is 23.5 Å². The number of ether oxygens (including phenoxy) is 3. The van der Waals surface area contributed by atoms with E-state index in [9.17, 15) is 4.79 Å². The molecule has 4 rings (SSSR count). The third-order valence-corrected chi connectivity index (χ3v) is 7.70. The second-order valence-corrected chi connectivity index (χ2v) is 10.5. The lowest BCUT2D eigenvalue weighted by Crippen LogP contribution is -2.31. The number of thioether (sulfide) groups is 1. The molecular formula is C30H38N4O4S. The molecule has 3 aromatic rings. The molecule has 2 heterocycles. The van der Waals surface area contributed by atoms with E-state index < -0.39 is 0 Å². The normalized spacial score (nSPS) is 14.7. The summed E-state index contributed by atoms with van der Waals surface area (Å²) in [4.78, 5) is 24.2. The SMILES string of the molecule is CCc1cc(N(C)CCc2ccc(OC)c(OC)c2)nc(SCc2ccc(C(=O)NC[C@H]3CCCO3)cc2)n1. The largest absolute Gasteiger partial charge is 0.493 e. The second kappa shape index (κ2) is 14.2. The standard InChI is InChI=1S/C30H38N4O4S/c1-5-24-18-28(34(2)15-14-21-10-13-26(36-3)27(17-21)37-4)33-30(32-24)39-20-22-8-11-23(12-9-22)29(35)31-19-25-7-6-16-38-25/h8-13,17-18,25H,5-7,14-16,19-20H2,1-4H3,(H,31,35)/t25-/m1/s1. The quantitative estimate of drug-likeness (QED) is 0.237. The van der Waals surface area contributed by atoms with Crippen LogP contribution in [0, 0.1) is 0 Å². The summed E-state index contributed by atoms with van der Waals surface area (Å²) in [6.45, 7) is 4.25. The first-order valence-electron chi connectivity index (χ1n) is 13.4. The van der Waals surface area contributed by atoms with Crippen LogP contribution in [0.25, 0.3) is 0 Å². The van der Waals surface area contributed by atoms with Crippen LogP contribution in [0.2, 0.25) is 0 Å². The second-order valence-electron chi connectivity index (χ2n) is 9.55. The van der Waals surface area contributed by atoms with E-state index >= 15 is 0 Å². The number of aromatic nitrogens is 2. The molecule has 2 aromatic carbocycles. The predicted molar refractivity (Wildman–Crippen MR) is 155 cm³/mol. The average Bonchev–Trinajstić information content (AvgIpc) is 3.51. The van der Waals surface area contributed by atoms with Crippen LogP contribution >= 0.6 is 11.8 Å². The van der Waals surface area contributed by atoms with Gasteiger partial charge in [0, 0.05) is 49.8 Å². The molecule has 1 aromatic heterocycles. The summed E-state index contributed by atoms with van der Waals surface area (Å²) in [6.07, 6.45) is 3.89. The zero-order valence-electron chi connectivity index (χ0n) is 23.2. The summed E-state index contributed by atoms with van der Waals surface area (Å²) >= 11 is 1.60. The molecule has 9 heteroatoms. The molecular weight excluding hydrogens is 512 g/mol. The van der Waals surface area contributed by atoms with Crippen molar-refractivity contribution in [2.24, 2.45) is 0 Å². The molecule has 8 nitrogen and oxygen atoms in total. The van der Waals surface area contributed by atoms with Crippen molar-refractivity contribution in [1.29, 1.82) is 0 Å². The fraction of sp³-hybridized carbons (Fsp3) is 0.433. The van der Waals surface area contributed by atoms with Gasteiger partial charge in [-0.2, -0.15) is 0 Å². The highest BCUT2D eigenvalue weighted by molar-refractivity contribution is 7.98. The number of anilines is 1. The van der Waals surface area contributed by atoms with Crippen molar-refractivity contribution in [2.45, 2.75) is 49.6 Å². The molecule has 1 aliphatic rings. The number of methoxy groups -OCH3 is 2. The van der Waals surface area contributed by atoms with Crippen LogP contribution in [0.3, 0.4) is 0 Å². The number of nitrogens with zero attached hydrogens (tertiary/aromatic N) is 3. The summed E-state index contributed by atoms with van der Waals surface area (Å²) in [6, 6.07) is 15.8. The Labute approximate surface area is 235 Å². The van der Waals surface area contributed by atoms with Crippen molar-refractivity contribution in [3.63, 3.8) is 0 Å². The van der Waals surface area contributed by atoms with E-state index in [1.807, 2.05) is 36.4 Å². The lowest BCUT2D eigenvalue weighted by molar-refractivity contribution is 0.0858. The maximum absolute atomic E-state index is 12.5. The van der Waals surface area contributed by atoms with Crippen LogP contribution in [0.1, 0.15) is 46.9 Å². The first-order valence-corrected chi connectivity index (χ1v) is 14.4. The molecule has 1 aliphatic heterocycles. The van der Waals surface area contributed by atoms with Crippen molar-refractivity contribution in [1.82, 2.24) is 15.3 Å². The highest BCUT2D eigenvalue weighted by atomic mass is 32.2. The number of aryl methyl sites for hydroxylation is 1. The minimum absolute atomic E-state index is 0.0653. The summed E-state index contributed by atoms with van der Waals surface area (Å²) in [5.41, 5.74) is 3.95. The molecule has 0 saturated carbocycles. The molecule has 0 unspecified atom stereocenters. The third-order valence-electron chi connectivity index (χ3n) is 6.78. The fourth-order valence-corrected chi connectivity index (χ4v) is 5.19. The summed E-state index contributed by atoms with van der Waals surface area (Å²) in [5, 5.41) is 3.72. The van der Waals surface area contributed by atoms with E-state index in [-0.39, 0.29) is 12.0 Å². The van der Waals surface area contributed by atoms with Gasteiger partial charge in [-0.05, 0) is 61.1 Å². The molecule has 0 bridgehead atoms. The Morgan fingerprint density at radius 2 is 1.85 bits per heavy atom. The number of amides is 1. The van der Waals surface area contributed by atoms with Gasteiger partial charge in [0.25, 0.3) is 5.91 Å². The lowest BCUT2D eigenvalue weighted by Gasteiger charge is -2.20. The van der Waals surface area contributed by atoms with Crippen molar-refractivity contribution in [3.05, 3.63) is 70.9 Å². The number of rotatable bonds is 13. The molecule has 1 fully saturated rings. The molecule has 1 atom stereocenters. The number of hydrogen-bond acceptors (Lipinski definition) is 8. The predicted octanol–water partition coefficient (Wildman–Crippen LogP) is 4.94. The first-order chi connectivity index (χ1) is 19.0. The number of carbonyl (C=O) groups is 1. The van der Waals surface area contributed by atoms with Crippen LogP contribution < -0.4 is 19.7 Å². The Balaban J connectivity index is 1.33. The van der Waals surface area contributed by atoms with Gasteiger partial charge < -0.3 is 24.4 Å². The number of likely N-dealkylation sites (N-methyl/N-ethyl adjacent to an activating group) is 1. The Kier molecular flexibility index (Phi) is 10.4. The lowest BCUT2D eigenvalue weighted by atomic mass is 10.1. The summed E-state index contributed by atoms with van der Waals surface area (Å²) in [5.74, 6) is 3.03. The maximum Gasteiger partial charge on any atom is 0.251 e. The first kappa shape index (κ1) is 28.7. The zero-order chi connectivity index (χ0) is 27.6. The topological polar surface area (TPSA) is 85.8 Å². The van der Waals surface area contributed by atoms with Crippen molar-refractivity contribution in [3.8, 4) is 11.5 Å². The molecule has 1 saturated heterocycles. The van der Waals surface area contributed by atoms with Gasteiger partial charge in [-0.15, -0.1) is 0 Å². The van der Waals surface area contributed by atoms with Gasteiger partial charge in [0.15, 0.2) is 16.7 Å². The summed E-state index contributed by atoms with van der Waals surface area (Å²) < 4.78 is 16.4.